The molecule has 0 fully saturated rings. The molecule has 3 aliphatic rings. The first-order valence-electron chi connectivity index (χ1n) is 12.5. The quantitative estimate of drug-likeness (QED) is 0.219. The zero-order valence-corrected chi connectivity index (χ0v) is 20.6. The molecule has 0 saturated heterocycles. The van der Waals surface area contributed by atoms with Gasteiger partial charge in [-0.2, -0.15) is 0 Å². The molecular formula is C30H22O10. The molecular weight excluding hydrogens is 520 g/mol. The summed E-state index contributed by atoms with van der Waals surface area (Å²) in [6.45, 7) is 0. The van der Waals surface area contributed by atoms with Crippen molar-refractivity contribution < 1.29 is 49.6 Å². The SMILES string of the molecule is O=C1c2c(O)cc(O)cc2O[C@@]12c1cc3c(c(O)c1O[C@@H]2c1ccc(O)cc1)C[C@H](O)[C@@H](c1ccc(O)cc1)O3. The number of aromatic hydroxyl groups is 5. The third-order valence-corrected chi connectivity index (χ3v) is 7.66. The van der Waals surface area contributed by atoms with Gasteiger partial charge in [0, 0.05) is 24.1 Å². The molecule has 0 unspecified atom stereocenters. The Bertz CT molecular complexity index is 1700. The molecule has 4 aromatic rings. The Balaban J connectivity index is 1.41. The molecule has 1 spiro atoms. The summed E-state index contributed by atoms with van der Waals surface area (Å²) in [5.74, 6) is -1.70. The third-order valence-electron chi connectivity index (χ3n) is 7.66. The number of rotatable bonds is 2. The predicted octanol–water partition coefficient (Wildman–Crippen LogP) is 3.86. The molecule has 0 saturated carbocycles. The lowest BCUT2D eigenvalue weighted by Crippen LogP contribution is -2.41. The maximum Gasteiger partial charge on any atom is 0.241 e. The van der Waals surface area contributed by atoms with Gasteiger partial charge in [-0.05, 0) is 41.5 Å². The van der Waals surface area contributed by atoms with E-state index in [1.165, 1.54) is 36.4 Å². The third kappa shape index (κ3) is 3.23. The van der Waals surface area contributed by atoms with Crippen LogP contribution in [0.5, 0.6) is 46.0 Å². The number of benzene rings is 4. The summed E-state index contributed by atoms with van der Waals surface area (Å²) in [4.78, 5) is 14.1. The van der Waals surface area contributed by atoms with Gasteiger partial charge in [-0.3, -0.25) is 4.79 Å². The lowest BCUT2D eigenvalue weighted by Gasteiger charge is -2.32. The molecule has 0 amide bonds. The van der Waals surface area contributed by atoms with E-state index in [9.17, 15) is 35.4 Å². The Labute approximate surface area is 226 Å². The monoisotopic (exact) mass is 542 g/mol. The van der Waals surface area contributed by atoms with E-state index in [0.29, 0.717) is 11.1 Å². The number of ketones is 1. The van der Waals surface area contributed by atoms with Crippen LogP contribution in [-0.4, -0.2) is 42.5 Å². The molecule has 40 heavy (non-hydrogen) atoms. The number of hydrogen-bond donors (Lipinski definition) is 6. The minimum absolute atomic E-state index is 0.00388. The Morgan fingerprint density at radius 3 is 2.08 bits per heavy atom. The Morgan fingerprint density at radius 2 is 1.40 bits per heavy atom. The van der Waals surface area contributed by atoms with Crippen LogP contribution in [0.25, 0.3) is 0 Å². The number of carbonyl (C=O) groups is 1. The first-order valence-corrected chi connectivity index (χ1v) is 12.5. The molecule has 10 heteroatoms. The number of phenolic OH excluding ortho intramolecular Hbond substituents is 5. The first-order chi connectivity index (χ1) is 19.2. The normalized spacial score (nSPS) is 24.0. The summed E-state index contributed by atoms with van der Waals surface area (Å²) in [7, 11) is 0. The van der Waals surface area contributed by atoms with Gasteiger partial charge in [-0.15, -0.1) is 0 Å². The summed E-state index contributed by atoms with van der Waals surface area (Å²) < 4.78 is 18.6. The molecule has 4 atom stereocenters. The average molecular weight is 542 g/mol. The molecule has 7 rings (SSSR count). The van der Waals surface area contributed by atoms with Gasteiger partial charge in [0.15, 0.2) is 17.6 Å². The van der Waals surface area contributed by atoms with Crippen molar-refractivity contribution in [3.8, 4) is 46.0 Å². The number of phenols is 5. The second-order valence-corrected chi connectivity index (χ2v) is 10.1. The molecule has 0 aliphatic carbocycles. The molecule has 6 N–H and O–H groups in total. The van der Waals surface area contributed by atoms with Crippen molar-refractivity contribution in [1.29, 1.82) is 0 Å². The van der Waals surface area contributed by atoms with Crippen molar-refractivity contribution in [3.05, 3.63) is 94.5 Å². The molecule has 202 valence electrons. The minimum atomic E-state index is -1.93. The van der Waals surface area contributed by atoms with E-state index >= 15 is 0 Å². The number of fused-ring (bicyclic) bond motifs is 4. The number of hydrogen-bond acceptors (Lipinski definition) is 10. The Kier molecular flexibility index (Phi) is 4.92. The van der Waals surface area contributed by atoms with Crippen molar-refractivity contribution in [1.82, 2.24) is 0 Å². The Morgan fingerprint density at radius 1 is 0.750 bits per heavy atom. The van der Waals surface area contributed by atoms with E-state index in [2.05, 4.69) is 0 Å². The van der Waals surface area contributed by atoms with E-state index in [4.69, 9.17) is 14.2 Å². The number of aliphatic hydroxyl groups is 1. The number of Topliss-reactive ketones (excluding diaryl/α,β-unsaturated/α-hetero) is 1. The van der Waals surface area contributed by atoms with Crippen LogP contribution in [-0.2, 0) is 12.0 Å². The molecule has 0 radical (unpaired) electrons. The van der Waals surface area contributed by atoms with Crippen molar-refractivity contribution in [2.75, 3.05) is 0 Å². The van der Waals surface area contributed by atoms with Gasteiger partial charge in [-0.1, -0.05) is 24.3 Å². The van der Waals surface area contributed by atoms with Crippen molar-refractivity contribution >= 4 is 5.78 Å². The summed E-state index contributed by atoms with van der Waals surface area (Å²) in [6.07, 6.45) is -3.05. The standard InChI is InChI=1S/C30H22O10/c31-15-5-1-13(2-6-15)26-21(35)11-18-22(38-26)12-19-27(25(18)36)39-29(14-3-7-16(32)8-4-14)30(19)28(37)24-20(34)9-17(33)10-23(24)40-30/h1-10,12,21,26,29,31-36H,11H2/t21-,26+,29+,30-/m0/s1. The lowest BCUT2D eigenvalue weighted by molar-refractivity contribution is 0.00632. The fourth-order valence-electron chi connectivity index (χ4n) is 5.79. The van der Waals surface area contributed by atoms with Gasteiger partial charge in [0.2, 0.25) is 11.4 Å². The highest BCUT2D eigenvalue weighted by Crippen LogP contribution is 2.62. The van der Waals surface area contributed by atoms with Gasteiger partial charge < -0.3 is 44.8 Å². The molecule has 4 aromatic carbocycles. The van der Waals surface area contributed by atoms with Crippen LogP contribution in [0.1, 0.15) is 44.8 Å². The zero-order chi connectivity index (χ0) is 27.9. The van der Waals surface area contributed by atoms with E-state index in [0.717, 1.165) is 6.07 Å². The highest BCUT2D eigenvalue weighted by atomic mass is 16.6. The fourth-order valence-corrected chi connectivity index (χ4v) is 5.79. The number of carbonyl (C=O) groups excluding carboxylic acids is 1. The average Bonchev–Trinajstić information content (AvgIpc) is 3.40. The fraction of sp³-hybridized carbons (Fsp3) is 0.167. The number of ether oxygens (including phenoxy) is 3. The van der Waals surface area contributed by atoms with E-state index in [1.54, 1.807) is 24.3 Å². The Hall–Kier alpha value is -5.09. The van der Waals surface area contributed by atoms with Crippen LogP contribution in [0.15, 0.2) is 66.7 Å². The summed E-state index contributed by atoms with van der Waals surface area (Å²) in [5, 5.41) is 62.4. The van der Waals surface area contributed by atoms with Crippen LogP contribution < -0.4 is 14.2 Å². The van der Waals surface area contributed by atoms with Gasteiger partial charge in [0.1, 0.15) is 46.2 Å². The second-order valence-electron chi connectivity index (χ2n) is 10.1. The lowest BCUT2D eigenvalue weighted by atomic mass is 9.80. The minimum Gasteiger partial charge on any atom is -0.508 e. The van der Waals surface area contributed by atoms with Crippen LogP contribution in [0, 0.1) is 0 Å². The number of aliphatic hydroxyl groups excluding tert-OH is 1. The van der Waals surface area contributed by atoms with Gasteiger partial charge >= 0.3 is 0 Å². The zero-order valence-electron chi connectivity index (χ0n) is 20.6. The van der Waals surface area contributed by atoms with Gasteiger partial charge in [-0.25, -0.2) is 0 Å². The molecule has 10 nitrogen and oxygen atoms in total. The summed E-state index contributed by atoms with van der Waals surface area (Å²) in [6, 6.07) is 15.8. The van der Waals surface area contributed by atoms with Crippen molar-refractivity contribution in [2.45, 2.75) is 30.3 Å². The largest absolute Gasteiger partial charge is 0.508 e. The van der Waals surface area contributed by atoms with Crippen LogP contribution in [0.2, 0.25) is 0 Å². The molecule has 0 bridgehead atoms. The topological polar surface area (TPSA) is 166 Å². The smallest absolute Gasteiger partial charge is 0.241 e. The second kappa shape index (κ2) is 8.20. The van der Waals surface area contributed by atoms with Gasteiger partial charge in [0.05, 0.1) is 11.7 Å². The first kappa shape index (κ1) is 24.0. The van der Waals surface area contributed by atoms with E-state index < -0.39 is 35.4 Å². The highest BCUT2D eigenvalue weighted by Gasteiger charge is 2.64. The van der Waals surface area contributed by atoms with E-state index in [-0.39, 0.29) is 63.4 Å². The maximum atomic E-state index is 14.1. The maximum absolute atomic E-state index is 14.1. The highest BCUT2D eigenvalue weighted by molar-refractivity contribution is 6.11. The molecule has 3 aliphatic heterocycles. The predicted molar refractivity (Wildman–Crippen MR) is 137 cm³/mol. The van der Waals surface area contributed by atoms with E-state index in [1.807, 2.05) is 0 Å². The summed E-state index contributed by atoms with van der Waals surface area (Å²) >= 11 is 0. The molecule has 0 aromatic heterocycles. The van der Waals surface area contributed by atoms with Crippen molar-refractivity contribution in [3.63, 3.8) is 0 Å². The van der Waals surface area contributed by atoms with Crippen LogP contribution in [0.4, 0.5) is 0 Å². The summed E-state index contributed by atoms with van der Waals surface area (Å²) in [5.41, 5.74) is -0.675. The van der Waals surface area contributed by atoms with Crippen LogP contribution >= 0.6 is 0 Å². The van der Waals surface area contributed by atoms with Crippen molar-refractivity contribution in [2.24, 2.45) is 0 Å². The van der Waals surface area contributed by atoms with Crippen LogP contribution in [0.3, 0.4) is 0 Å². The molecule has 3 heterocycles. The van der Waals surface area contributed by atoms with Gasteiger partial charge in [0.25, 0.3) is 0 Å².